The van der Waals surface area contributed by atoms with Gasteiger partial charge in [-0.15, -0.1) is 0 Å². The first-order chi connectivity index (χ1) is 66.1. The van der Waals surface area contributed by atoms with Crippen LogP contribution in [0.5, 0.6) is 0 Å². The van der Waals surface area contributed by atoms with Gasteiger partial charge in [-0.05, 0) is 289 Å². The Morgan fingerprint density at radius 1 is 0.297 bits per heavy atom. The normalized spacial score (nSPS) is 11.0. The van der Waals surface area contributed by atoms with Crippen molar-refractivity contribution in [3.8, 4) is 40.5 Å². The maximum Gasteiger partial charge on any atom is 0.417 e. The molecule has 0 bridgehead atoms. The second-order valence-corrected chi connectivity index (χ2v) is 31.7. The van der Waals surface area contributed by atoms with Crippen LogP contribution in [0.25, 0.3) is 117 Å². The van der Waals surface area contributed by atoms with Crippen molar-refractivity contribution in [1.29, 1.82) is 0 Å². The number of alkyl halides is 3. The Morgan fingerprint density at radius 3 is 1.07 bits per heavy atom. The highest BCUT2D eigenvalue weighted by atomic mass is 35.5. The molecule has 0 unspecified atom stereocenters. The van der Waals surface area contributed by atoms with Gasteiger partial charge in [-0.25, -0.2) is 68.4 Å². The molecule has 0 fully saturated rings. The van der Waals surface area contributed by atoms with E-state index in [1.165, 1.54) is 29.0 Å². The minimum Gasteiger partial charge on any atom is -0.478 e. The van der Waals surface area contributed by atoms with Crippen LogP contribution in [0.2, 0.25) is 5.02 Å². The average Bonchev–Trinajstić information content (AvgIpc) is 1.60. The number of carboxylic acids is 7. The Labute approximate surface area is 784 Å². The zero-order chi connectivity index (χ0) is 98.1. The molecule has 29 nitrogen and oxygen atoms in total. The van der Waals surface area contributed by atoms with Gasteiger partial charge in [0.15, 0.2) is 5.82 Å². The molecule has 7 N–H and O–H groups in total. The van der Waals surface area contributed by atoms with Crippen molar-refractivity contribution < 1.29 is 86.9 Å². The van der Waals surface area contributed by atoms with Crippen molar-refractivity contribution in [2.45, 2.75) is 47.7 Å². The molecule has 21 rings (SSSR count). The second kappa shape index (κ2) is 40.4. The quantitative estimate of drug-likeness (QED) is 0.0393. The van der Waals surface area contributed by atoms with Crippen LogP contribution >= 0.6 is 11.6 Å². The SMILES string of the molecule is Cc1cc(-n2ccc3cc(C(=O)O)ccc32)ccn1.Cc1ccc(-n2ccc3cc(C(=O)O)ccc32)nc1.Cc1cccc(-n2ccc3cc(C(=O)O)ccc32)n1.Cc1ccnc(-n2ccc3cc(C(=O)O)ccc32)c1.Cc1cnc(F)c(-n2ccc3cc(C(=O)O)ccc32)c1.Cc1nccc(-n2ccc3cc(C(=O)O)ccc32)n1.O=C(O)c1ccc2c(ccn2-c2ncc(C(F)(F)F)cc2Cl)c1. The van der Waals surface area contributed by atoms with Crippen LogP contribution in [-0.4, -0.2) is 149 Å². The molecule has 0 saturated carbocycles. The number of carbonyl (C=O) groups is 7. The lowest BCUT2D eigenvalue weighted by molar-refractivity contribution is -0.137. The van der Waals surface area contributed by atoms with E-state index in [9.17, 15) is 51.1 Å². The van der Waals surface area contributed by atoms with Gasteiger partial charge in [0, 0.05) is 135 Å². The van der Waals surface area contributed by atoms with E-state index in [-0.39, 0.29) is 27.5 Å². The molecule has 0 saturated heterocycles. The van der Waals surface area contributed by atoms with Crippen LogP contribution in [0, 0.1) is 47.5 Å². The number of nitrogens with zero attached hydrogens (tertiary/aromatic N) is 15. The van der Waals surface area contributed by atoms with Gasteiger partial charge in [0.05, 0.1) is 88.1 Å². The number of hydrogen-bond donors (Lipinski definition) is 7. The summed E-state index contributed by atoms with van der Waals surface area (Å²) in [6, 6.07) is 69.4. The molecular formula is C104H78ClF4N15O14. The predicted molar refractivity (Wildman–Crippen MR) is 512 cm³/mol. The van der Waals surface area contributed by atoms with Crippen molar-refractivity contribution in [3.05, 3.63) is 413 Å². The van der Waals surface area contributed by atoms with Crippen LogP contribution in [0.1, 0.15) is 112 Å². The van der Waals surface area contributed by atoms with Gasteiger partial charge in [0.2, 0.25) is 5.95 Å². The highest BCUT2D eigenvalue weighted by Crippen LogP contribution is 2.35. The lowest BCUT2D eigenvalue weighted by Crippen LogP contribution is -2.07. The number of aryl methyl sites for hydroxylation is 6. The summed E-state index contributed by atoms with van der Waals surface area (Å²) in [4.78, 5) is 110. The van der Waals surface area contributed by atoms with Gasteiger partial charge >= 0.3 is 48.0 Å². The Morgan fingerprint density at radius 2 is 0.674 bits per heavy atom. The van der Waals surface area contributed by atoms with Gasteiger partial charge in [0.25, 0.3) is 0 Å². The number of hydrogen-bond acceptors (Lipinski definition) is 15. The summed E-state index contributed by atoms with van der Waals surface area (Å²) in [7, 11) is 0. The summed E-state index contributed by atoms with van der Waals surface area (Å²) in [5.41, 5.74) is 13.3. The summed E-state index contributed by atoms with van der Waals surface area (Å²) in [5, 5.41) is 68.5. The fourth-order valence-corrected chi connectivity index (χ4v) is 15.3. The first kappa shape index (κ1) is 94.3. The van der Waals surface area contributed by atoms with Gasteiger partial charge in [-0.3, -0.25) is 9.55 Å². The van der Waals surface area contributed by atoms with Crippen LogP contribution in [0.15, 0.2) is 323 Å². The summed E-state index contributed by atoms with van der Waals surface area (Å²) in [5.74, 6) is -3.09. The summed E-state index contributed by atoms with van der Waals surface area (Å²) >= 11 is 5.93. The van der Waals surface area contributed by atoms with Crippen molar-refractivity contribution in [3.63, 3.8) is 0 Å². The fraction of sp³-hybridized carbons (Fsp3) is 0.0673. The fourth-order valence-electron chi connectivity index (χ4n) is 15.0. The van der Waals surface area contributed by atoms with Crippen molar-refractivity contribution in [2.24, 2.45) is 0 Å². The molecule has 0 atom stereocenters. The molecule has 138 heavy (non-hydrogen) atoms. The van der Waals surface area contributed by atoms with Gasteiger partial charge in [-0.2, -0.15) is 17.6 Å². The number of aromatic carboxylic acids is 7. The smallest absolute Gasteiger partial charge is 0.417 e. The minimum absolute atomic E-state index is 0.113. The molecule has 688 valence electrons. The largest absolute Gasteiger partial charge is 0.478 e. The van der Waals surface area contributed by atoms with E-state index in [1.54, 1.807) is 145 Å². The Hall–Kier alpha value is -18.4. The van der Waals surface area contributed by atoms with Crippen LogP contribution in [0.4, 0.5) is 17.6 Å². The number of pyridine rings is 6. The van der Waals surface area contributed by atoms with E-state index in [0.29, 0.717) is 50.9 Å². The van der Waals surface area contributed by atoms with Crippen LogP contribution < -0.4 is 0 Å². The van der Waals surface area contributed by atoms with E-state index in [1.807, 2.05) is 211 Å². The number of fused-ring (bicyclic) bond motifs is 7. The second-order valence-electron chi connectivity index (χ2n) is 31.3. The molecule has 14 aromatic heterocycles. The molecule has 0 radical (unpaired) electrons. The zero-order valence-corrected chi connectivity index (χ0v) is 74.4. The number of halogens is 5. The minimum atomic E-state index is -4.52. The molecule has 0 aliphatic carbocycles. The molecule has 21 aromatic rings. The Bertz CT molecular complexity index is 7770. The Kier molecular flexibility index (Phi) is 27.6. The number of benzene rings is 7. The lowest BCUT2D eigenvalue weighted by Gasteiger charge is -2.10. The topological polar surface area (TPSA) is 399 Å². The number of aromatic nitrogens is 15. The molecule has 34 heteroatoms. The van der Waals surface area contributed by atoms with Gasteiger partial charge < -0.3 is 63.1 Å². The van der Waals surface area contributed by atoms with E-state index in [2.05, 4.69) is 39.9 Å². The first-order valence-electron chi connectivity index (χ1n) is 41.9. The highest BCUT2D eigenvalue weighted by Gasteiger charge is 2.32. The first-order valence-corrected chi connectivity index (χ1v) is 42.3. The zero-order valence-electron chi connectivity index (χ0n) is 73.7. The number of rotatable bonds is 14. The average molecular weight is 1870 g/mol. The van der Waals surface area contributed by atoms with Crippen molar-refractivity contribution in [2.75, 3.05) is 0 Å². The van der Waals surface area contributed by atoms with E-state index >= 15 is 0 Å². The third-order valence-electron chi connectivity index (χ3n) is 21.7. The molecule has 0 aliphatic heterocycles. The molecule has 0 aliphatic rings. The van der Waals surface area contributed by atoms with Crippen LogP contribution in [0.3, 0.4) is 0 Å². The van der Waals surface area contributed by atoms with E-state index < -0.39 is 59.5 Å². The molecule has 0 spiro atoms. The highest BCUT2D eigenvalue weighted by molar-refractivity contribution is 6.32. The Balaban J connectivity index is 0.000000122. The maximum absolute atomic E-state index is 13.8. The van der Waals surface area contributed by atoms with Gasteiger partial charge in [0.1, 0.15) is 34.8 Å². The summed E-state index contributed by atoms with van der Waals surface area (Å²) in [6.07, 6.45) is 17.5. The third kappa shape index (κ3) is 21.4. The van der Waals surface area contributed by atoms with E-state index in [0.717, 1.165) is 129 Å². The maximum atomic E-state index is 13.8. The summed E-state index contributed by atoms with van der Waals surface area (Å²) in [6.45, 7) is 11.6. The number of carboxylic acid groups (broad SMARTS) is 7. The van der Waals surface area contributed by atoms with Crippen molar-refractivity contribution in [1.82, 2.24) is 71.8 Å². The third-order valence-corrected chi connectivity index (χ3v) is 22.0. The lowest BCUT2D eigenvalue weighted by atomic mass is 10.1. The molecule has 14 heterocycles. The monoisotopic (exact) mass is 1870 g/mol. The van der Waals surface area contributed by atoms with Crippen molar-refractivity contribution >= 4 is 130 Å². The molecular weight excluding hydrogens is 1790 g/mol. The summed E-state index contributed by atoms with van der Waals surface area (Å²) < 4.78 is 64.8. The molecule has 7 aromatic carbocycles. The standard InChI is InChI=1S/C15H8ClF3N2O2.C15H11FN2O2.4C15H12N2O2.C14H11N3O2/c16-11-6-10(15(17,18)19)7-20-13(11)21-4-3-8-5-9(14(22)23)1-2-12(8)21;1-9-6-13(14(16)17-8-9)18-5-4-10-7-11(15(19)20)2-3-12(10)18;1-10-2-5-14(16-9-10)17-7-6-11-8-12(15(18)19)3-4-13(11)17;1-10-8-13(4-6-16-10)17-7-5-11-9-12(15(18)19)2-3-14(11)17;1-10-4-6-16-14(8-10)17-7-5-11-9-12(15(18)19)2-3-13(11)17;1-10-3-2-4-14(16-10)17-8-7-11-9-12(15(18)19)5-6-13(11)17;1-9-15-6-4-13(16-9)17-7-5-10-8-11(14(18)19)2-3-12(10)17/h1-7H,(H,22,23);2-8H,1H3,(H,19,20);4*2-9H,1H3,(H,18,19);2-8H,1H3,(H,18,19). The predicted octanol–water partition coefficient (Wildman–Crippen LogP) is 22.1. The van der Waals surface area contributed by atoms with Crippen LogP contribution in [-0.2, 0) is 6.18 Å². The van der Waals surface area contributed by atoms with Gasteiger partial charge in [-0.1, -0.05) is 23.7 Å². The van der Waals surface area contributed by atoms with E-state index in [4.69, 9.17) is 47.3 Å². The molecule has 0 amide bonds.